The van der Waals surface area contributed by atoms with Gasteiger partial charge in [-0.3, -0.25) is 9.69 Å². The third-order valence-electron chi connectivity index (χ3n) is 2.68. The average molecular weight is 225 g/mol. The van der Waals surface area contributed by atoms with Gasteiger partial charge in [0.1, 0.15) is 0 Å². The van der Waals surface area contributed by atoms with Crippen molar-refractivity contribution < 1.29 is 9.53 Å². The molecule has 0 aromatic heterocycles. The van der Waals surface area contributed by atoms with E-state index in [1.165, 1.54) is 0 Å². The van der Waals surface area contributed by atoms with Crippen LogP contribution in [-0.2, 0) is 9.53 Å². The van der Waals surface area contributed by atoms with Crippen LogP contribution >= 0.6 is 0 Å². The van der Waals surface area contributed by atoms with E-state index in [1.807, 2.05) is 4.90 Å². The summed E-state index contributed by atoms with van der Waals surface area (Å²) in [7, 11) is 1.61. The van der Waals surface area contributed by atoms with E-state index in [-0.39, 0.29) is 11.8 Å². The van der Waals surface area contributed by atoms with E-state index in [2.05, 4.69) is 11.4 Å². The van der Waals surface area contributed by atoms with Gasteiger partial charge in [-0.25, -0.2) is 0 Å². The molecular weight excluding hydrogens is 206 g/mol. The summed E-state index contributed by atoms with van der Waals surface area (Å²) in [5, 5.41) is 11.6. The molecule has 0 spiro atoms. The summed E-state index contributed by atoms with van der Waals surface area (Å²) >= 11 is 0. The summed E-state index contributed by atoms with van der Waals surface area (Å²) in [5.41, 5.74) is 0. The fourth-order valence-electron chi connectivity index (χ4n) is 1.86. The summed E-state index contributed by atoms with van der Waals surface area (Å²) < 4.78 is 4.85. The molecule has 5 heteroatoms. The number of hydrogen-bond donors (Lipinski definition) is 1. The Hall–Kier alpha value is -1.12. The van der Waals surface area contributed by atoms with Crippen LogP contribution in [0.25, 0.3) is 0 Å². The first kappa shape index (κ1) is 12.9. The number of rotatable bonds is 5. The Morgan fingerprint density at radius 3 is 3.19 bits per heavy atom. The Bertz CT molecular complexity index is 262. The molecule has 1 rings (SSSR count). The van der Waals surface area contributed by atoms with E-state index in [0.717, 1.165) is 19.4 Å². The predicted molar refractivity (Wildman–Crippen MR) is 59.7 cm³/mol. The molecule has 16 heavy (non-hydrogen) atoms. The van der Waals surface area contributed by atoms with Crippen LogP contribution in [-0.4, -0.2) is 50.7 Å². The third kappa shape index (κ3) is 4.60. The van der Waals surface area contributed by atoms with Gasteiger partial charge in [0.15, 0.2) is 0 Å². The SMILES string of the molecule is COCCNC(=O)CN1CCCC(C#N)C1. The van der Waals surface area contributed by atoms with Gasteiger partial charge in [0.25, 0.3) is 0 Å². The summed E-state index contributed by atoms with van der Waals surface area (Å²) in [4.78, 5) is 13.5. The van der Waals surface area contributed by atoms with Gasteiger partial charge in [-0.1, -0.05) is 0 Å². The van der Waals surface area contributed by atoms with E-state index in [9.17, 15) is 4.79 Å². The van der Waals surface area contributed by atoms with E-state index >= 15 is 0 Å². The van der Waals surface area contributed by atoms with Crippen LogP contribution in [0, 0.1) is 17.2 Å². The first-order valence-electron chi connectivity index (χ1n) is 5.64. The van der Waals surface area contributed by atoms with Crippen molar-refractivity contribution in [3.05, 3.63) is 0 Å². The van der Waals surface area contributed by atoms with Crippen molar-refractivity contribution in [1.82, 2.24) is 10.2 Å². The maximum Gasteiger partial charge on any atom is 0.234 e. The number of amides is 1. The molecule has 5 nitrogen and oxygen atoms in total. The minimum Gasteiger partial charge on any atom is -0.383 e. The van der Waals surface area contributed by atoms with Crippen LogP contribution in [0.2, 0.25) is 0 Å². The number of nitriles is 1. The minimum absolute atomic E-state index is 0.00985. The molecule has 1 aliphatic heterocycles. The third-order valence-corrected chi connectivity index (χ3v) is 2.68. The second-order valence-electron chi connectivity index (χ2n) is 4.05. The smallest absolute Gasteiger partial charge is 0.234 e. The largest absolute Gasteiger partial charge is 0.383 e. The summed E-state index contributed by atoms with van der Waals surface area (Å²) in [6, 6.07) is 2.27. The quantitative estimate of drug-likeness (QED) is 0.668. The number of piperidine rings is 1. The molecule has 0 aliphatic carbocycles. The molecule has 1 fully saturated rings. The first-order valence-corrected chi connectivity index (χ1v) is 5.64. The molecule has 0 saturated carbocycles. The lowest BCUT2D eigenvalue weighted by atomic mass is 10.00. The molecule has 90 valence electrons. The van der Waals surface area contributed by atoms with Crippen molar-refractivity contribution in [3.8, 4) is 6.07 Å². The highest BCUT2D eigenvalue weighted by Crippen LogP contribution is 2.14. The highest BCUT2D eigenvalue weighted by Gasteiger charge is 2.20. The average Bonchev–Trinajstić information content (AvgIpc) is 2.29. The van der Waals surface area contributed by atoms with Crippen LogP contribution in [0.1, 0.15) is 12.8 Å². The van der Waals surface area contributed by atoms with E-state index < -0.39 is 0 Å². The molecule has 1 N–H and O–H groups in total. The standard InChI is InChI=1S/C11H19N3O2/c1-16-6-4-13-11(15)9-14-5-2-3-10(7-12)8-14/h10H,2-6,8-9H2,1H3,(H,13,15). The molecule has 0 bridgehead atoms. The van der Waals surface area contributed by atoms with Gasteiger partial charge in [0.2, 0.25) is 5.91 Å². The van der Waals surface area contributed by atoms with E-state index in [1.54, 1.807) is 7.11 Å². The molecule has 1 saturated heterocycles. The van der Waals surface area contributed by atoms with Crippen LogP contribution < -0.4 is 5.32 Å². The van der Waals surface area contributed by atoms with E-state index in [4.69, 9.17) is 10.00 Å². The molecule has 0 aromatic carbocycles. The van der Waals surface area contributed by atoms with Crippen molar-refractivity contribution in [2.24, 2.45) is 5.92 Å². The van der Waals surface area contributed by atoms with E-state index in [0.29, 0.717) is 26.2 Å². The Balaban J connectivity index is 2.20. The van der Waals surface area contributed by atoms with Gasteiger partial charge < -0.3 is 10.1 Å². The molecule has 1 amide bonds. The first-order chi connectivity index (χ1) is 7.76. The van der Waals surface area contributed by atoms with Gasteiger partial charge in [-0.05, 0) is 19.4 Å². The van der Waals surface area contributed by atoms with Gasteiger partial charge in [0, 0.05) is 20.2 Å². The zero-order valence-corrected chi connectivity index (χ0v) is 9.74. The van der Waals surface area contributed by atoms with Gasteiger partial charge in [-0.2, -0.15) is 5.26 Å². The van der Waals surface area contributed by atoms with Gasteiger partial charge in [-0.15, -0.1) is 0 Å². The highest BCUT2D eigenvalue weighted by molar-refractivity contribution is 5.77. The zero-order valence-electron chi connectivity index (χ0n) is 9.74. The van der Waals surface area contributed by atoms with Crippen LogP contribution in [0.5, 0.6) is 0 Å². The minimum atomic E-state index is 0.00985. The van der Waals surface area contributed by atoms with Crippen LogP contribution in [0.3, 0.4) is 0 Å². The number of hydrogen-bond acceptors (Lipinski definition) is 4. The van der Waals surface area contributed by atoms with Crippen molar-refractivity contribution in [2.45, 2.75) is 12.8 Å². The molecule has 0 radical (unpaired) electrons. The Kier molecular flexibility index (Phi) is 5.83. The van der Waals surface area contributed by atoms with Crippen LogP contribution in [0.15, 0.2) is 0 Å². The summed E-state index contributed by atoms with van der Waals surface area (Å²) in [5.74, 6) is 0.0937. The zero-order chi connectivity index (χ0) is 11.8. The lowest BCUT2D eigenvalue weighted by Gasteiger charge is -2.28. The molecule has 1 unspecified atom stereocenters. The normalized spacial score (nSPS) is 21.4. The molecule has 1 aliphatic rings. The number of methoxy groups -OCH3 is 1. The molecule has 1 atom stereocenters. The fraction of sp³-hybridized carbons (Fsp3) is 0.818. The summed E-state index contributed by atoms with van der Waals surface area (Å²) in [6.07, 6.45) is 1.96. The number of ether oxygens (including phenoxy) is 1. The maximum absolute atomic E-state index is 11.5. The van der Waals surface area contributed by atoms with Crippen molar-refractivity contribution in [3.63, 3.8) is 0 Å². The number of likely N-dealkylation sites (tertiary alicyclic amines) is 1. The summed E-state index contributed by atoms with van der Waals surface area (Å²) in [6.45, 7) is 3.10. The lowest BCUT2D eigenvalue weighted by Crippen LogP contribution is -2.42. The van der Waals surface area contributed by atoms with Crippen molar-refractivity contribution in [1.29, 1.82) is 5.26 Å². The van der Waals surface area contributed by atoms with Crippen molar-refractivity contribution >= 4 is 5.91 Å². The highest BCUT2D eigenvalue weighted by atomic mass is 16.5. The second-order valence-corrected chi connectivity index (χ2v) is 4.05. The Labute approximate surface area is 96.4 Å². The van der Waals surface area contributed by atoms with Crippen LogP contribution in [0.4, 0.5) is 0 Å². The molecule has 0 aromatic rings. The molecule has 1 heterocycles. The number of carbonyl (C=O) groups is 1. The fourth-order valence-corrected chi connectivity index (χ4v) is 1.86. The monoisotopic (exact) mass is 225 g/mol. The molecular formula is C11H19N3O2. The Morgan fingerprint density at radius 2 is 2.50 bits per heavy atom. The lowest BCUT2D eigenvalue weighted by molar-refractivity contribution is -0.122. The second kappa shape index (κ2) is 7.20. The topological polar surface area (TPSA) is 65.4 Å². The van der Waals surface area contributed by atoms with Crippen molar-refractivity contribution in [2.75, 3.05) is 39.9 Å². The number of nitrogens with one attached hydrogen (secondary N) is 1. The predicted octanol–water partition coefficient (Wildman–Crippen LogP) is -0.0154. The maximum atomic E-state index is 11.5. The van der Waals surface area contributed by atoms with Gasteiger partial charge >= 0.3 is 0 Å². The number of nitrogens with zero attached hydrogens (tertiary/aromatic N) is 2. The van der Waals surface area contributed by atoms with Gasteiger partial charge in [0.05, 0.1) is 25.1 Å². The Morgan fingerprint density at radius 1 is 1.69 bits per heavy atom. The number of carbonyl (C=O) groups excluding carboxylic acids is 1.